The van der Waals surface area contributed by atoms with Crippen molar-refractivity contribution >= 4 is 11.8 Å². The van der Waals surface area contributed by atoms with Gasteiger partial charge in [0.15, 0.2) is 0 Å². The summed E-state index contributed by atoms with van der Waals surface area (Å²) in [6, 6.07) is 9.33. The minimum atomic E-state index is -0.482. The van der Waals surface area contributed by atoms with Gasteiger partial charge in [0.05, 0.1) is 18.6 Å². The normalized spacial score (nSPS) is 25.7. The van der Waals surface area contributed by atoms with Crippen LogP contribution in [0.4, 0.5) is 0 Å². The second-order valence-corrected chi connectivity index (χ2v) is 6.46. The molecule has 0 aromatic heterocycles. The highest BCUT2D eigenvalue weighted by Crippen LogP contribution is 2.35. The Labute approximate surface area is 136 Å². The number of nitrogens with one attached hydrogen (secondary N) is 1. The molecule has 1 spiro atoms. The highest BCUT2D eigenvalue weighted by Gasteiger charge is 2.50. The van der Waals surface area contributed by atoms with Crippen LogP contribution in [0.25, 0.3) is 0 Å². The number of primary amides is 1. The molecule has 23 heavy (non-hydrogen) atoms. The molecule has 2 aliphatic rings. The van der Waals surface area contributed by atoms with Crippen molar-refractivity contribution in [1.82, 2.24) is 10.2 Å². The van der Waals surface area contributed by atoms with Crippen molar-refractivity contribution in [3.63, 3.8) is 0 Å². The molecule has 2 aliphatic heterocycles. The predicted octanol–water partition coefficient (Wildman–Crippen LogP) is 0.269. The van der Waals surface area contributed by atoms with E-state index in [1.165, 1.54) is 0 Å². The quantitative estimate of drug-likeness (QED) is 0.738. The molecule has 0 saturated carbocycles. The number of carbonyl (C=O) groups is 2. The number of carbonyl (C=O) groups excluding carboxylic acids is 2. The average molecular weight is 317 g/mol. The molecule has 124 valence electrons. The largest absolute Gasteiger partial charge is 0.375 e. The molecule has 2 heterocycles. The van der Waals surface area contributed by atoms with Crippen LogP contribution in [0.2, 0.25) is 0 Å². The Hall–Kier alpha value is -1.92. The lowest BCUT2D eigenvalue weighted by Gasteiger charge is -2.48. The van der Waals surface area contributed by atoms with Crippen molar-refractivity contribution in [2.24, 2.45) is 11.1 Å². The third-order valence-corrected chi connectivity index (χ3v) is 4.83. The second-order valence-electron chi connectivity index (χ2n) is 6.46. The minimum Gasteiger partial charge on any atom is -0.375 e. The van der Waals surface area contributed by atoms with E-state index in [2.05, 4.69) is 5.32 Å². The Kier molecular flexibility index (Phi) is 4.63. The van der Waals surface area contributed by atoms with Gasteiger partial charge in [-0.1, -0.05) is 30.3 Å². The van der Waals surface area contributed by atoms with E-state index >= 15 is 0 Å². The summed E-state index contributed by atoms with van der Waals surface area (Å²) in [4.78, 5) is 25.7. The topological polar surface area (TPSA) is 84.7 Å². The fraction of sp³-hybridized carbons (Fsp3) is 0.529. The number of piperidine rings is 1. The summed E-state index contributed by atoms with van der Waals surface area (Å²) in [6.45, 7) is 2.75. The van der Waals surface area contributed by atoms with E-state index in [1.807, 2.05) is 35.2 Å². The molecule has 3 rings (SSSR count). The number of ether oxygens (including phenoxy) is 1. The molecule has 0 radical (unpaired) electrons. The summed E-state index contributed by atoms with van der Waals surface area (Å²) >= 11 is 0. The number of likely N-dealkylation sites (tertiary alicyclic amines) is 1. The van der Waals surface area contributed by atoms with Crippen LogP contribution >= 0.6 is 0 Å². The Balaban J connectivity index is 1.58. The van der Waals surface area contributed by atoms with Crippen LogP contribution < -0.4 is 11.1 Å². The number of amides is 2. The zero-order valence-electron chi connectivity index (χ0n) is 13.2. The number of hydrogen-bond donors (Lipinski definition) is 2. The lowest BCUT2D eigenvalue weighted by Crippen LogP contribution is -2.67. The van der Waals surface area contributed by atoms with Gasteiger partial charge in [-0.25, -0.2) is 0 Å². The van der Waals surface area contributed by atoms with Gasteiger partial charge in [-0.2, -0.15) is 0 Å². The van der Waals surface area contributed by atoms with Crippen LogP contribution in [0, 0.1) is 5.41 Å². The first-order valence-corrected chi connectivity index (χ1v) is 8.04. The van der Waals surface area contributed by atoms with Crippen molar-refractivity contribution in [2.45, 2.75) is 25.5 Å². The van der Waals surface area contributed by atoms with E-state index < -0.39 is 11.9 Å². The Morgan fingerprint density at radius 1 is 1.39 bits per heavy atom. The highest BCUT2D eigenvalue weighted by molar-refractivity contribution is 5.89. The molecule has 2 unspecified atom stereocenters. The van der Waals surface area contributed by atoms with E-state index in [4.69, 9.17) is 10.5 Å². The van der Waals surface area contributed by atoms with Crippen molar-refractivity contribution in [2.75, 3.05) is 26.2 Å². The molecule has 2 amide bonds. The summed E-state index contributed by atoms with van der Waals surface area (Å²) in [6.07, 6.45) is 1.78. The van der Waals surface area contributed by atoms with E-state index in [0.717, 1.165) is 24.9 Å². The maximum absolute atomic E-state index is 11.9. The molecule has 2 fully saturated rings. The number of hydrogen-bond acceptors (Lipinski definition) is 4. The van der Waals surface area contributed by atoms with Crippen LogP contribution in [0.15, 0.2) is 30.3 Å². The minimum absolute atomic E-state index is 0.0932. The van der Waals surface area contributed by atoms with Crippen molar-refractivity contribution in [3.8, 4) is 0 Å². The maximum Gasteiger partial charge on any atom is 0.237 e. The Morgan fingerprint density at radius 2 is 2.17 bits per heavy atom. The summed E-state index contributed by atoms with van der Waals surface area (Å²) < 4.78 is 5.70. The molecule has 3 N–H and O–H groups in total. The van der Waals surface area contributed by atoms with Crippen LogP contribution in [0.1, 0.15) is 18.4 Å². The molecule has 0 bridgehead atoms. The molecule has 1 aromatic carbocycles. The summed E-state index contributed by atoms with van der Waals surface area (Å²) in [5.74, 6) is -0.300. The molecule has 2 atom stereocenters. The molecular weight excluding hydrogens is 294 g/mol. The predicted molar refractivity (Wildman–Crippen MR) is 85.3 cm³/mol. The van der Waals surface area contributed by atoms with E-state index in [9.17, 15) is 9.59 Å². The molecule has 1 aromatic rings. The standard InChI is InChI=1S/C17H23N3O3/c18-15(21)14(10-23-9-13-5-2-1-3-6-13)20-8-4-7-17(12-20)11-19-16(17)22/h1-3,5-6,14H,4,7-12H2,(H2,18,21)(H,19,22). The summed E-state index contributed by atoms with van der Waals surface area (Å²) in [7, 11) is 0. The number of nitrogens with zero attached hydrogens (tertiary/aromatic N) is 1. The molecule has 2 saturated heterocycles. The van der Waals surface area contributed by atoms with Crippen LogP contribution in [-0.4, -0.2) is 49.0 Å². The van der Waals surface area contributed by atoms with Gasteiger partial charge in [-0.05, 0) is 24.9 Å². The number of β-lactam (4-membered cyclic amide) rings is 1. The van der Waals surface area contributed by atoms with Crippen molar-refractivity contribution in [1.29, 1.82) is 0 Å². The second kappa shape index (κ2) is 6.68. The lowest BCUT2D eigenvalue weighted by atomic mass is 9.73. The highest BCUT2D eigenvalue weighted by atomic mass is 16.5. The van der Waals surface area contributed by atoms with Crippen molar-refractivity contribution < 1.29 is 14.3 Å². The maximum atomic E-state index is 11.9. The van der Waals surface area contributed by atoms with Crippen LogP contribution in [0.5, 0.6) is 0 Å². The van der Waals surface area contributed by atoms with Gasteiger partial charge in [0.2, 0.25) is 11.8 Å². The fourth-order valence-corrected chi connectivity index (χ4v) is 3.40. The van der Waals surface area contributed by atoms with Crippen LogP contribution in [-0.2, 0) is 20.9 Å². The zero-order chi connectivity index (χ0) is 16.3. The van der Waals surface area contributed by atoms with Gasteiger partial charge in [-0.3, -0.25) is 14.5 Å². The monoisotopic (exact) mass is 317 g/mol. The smallest absolute Gasteiger partial charge is 0.237 e. The van der Waals surface area contributed by atoms with Gasteiger partial charge >= 0.3 is 0 Å². The molecule has 6 heteroatoms. The first-order valence-electron chi connectivity index (χ1n) is 8.04. The van der Waals surface area contributed by atoms with Gasteiger partial charge in [0.1, 0.15) is 6.04 Å². The Bertz CT molecular complexity index is 578. The van der Waals surface area contributed by atoms with Gasteiger partial charge < -0.3 is 15.8 Å². The van der Waals surface area contributed by atoms with E-state index in [1.54, 1.807) is 0 Å². The fourth-order valence-electron chi connectivity index (χ4n) is 3.40. The number of nitrogens with two attached hydrogens (primary N) is 1. The van der Waals surface area contributed by atoms with E-state index in [0.29, 0.717) is 19.7 Å². The third kappa shape index (κ3) is 3.38. The first-order chi connectivity index (χ1) is 11.1. The third-order valence-electron chi connectivity index (χ3n) is 4.83. The van der Waals surface area contributed by atoms with E-state index in [-0.39, 0.29) is 17.9 Å². The van der Waals surface area contributed by atoms with Gasteiger partial charge in [0, 0.05) is 13.1 Å². The summed E-state index contributed by atoms with van der Waals surface area (Å²) in [5.41, 5.74) is 6.30. The lowest BCUT2D eigenvalue weighted by molar-refractivity contribution is -0.148. The molecule has 0 aliphatic carbocycles. The van der Waals surface area contributed by atoms with Gasteiger partial charge in [-0.15, -0.1) is 0 Å². The molecular formula is C17H23N3O3. The SMILES string of the molecule is NC(=O)C(COCc1ccccc1)N1CCCC2(CNC2=O)C1. The molecule has 6 nitrogen and oxygen atoms in total. The average Bonchev–Trinajstić information content (AvgIpc) is 2.58. The van der Waals surface area contributed by atoms with Crippen molar-refractivity contribution in [3.05, 3.63) is 35.9 Å². The summed E-state index contributed by atoms with van der Waals surface area (Å²) in [5, 5.41) is 2.81. The number of benzene rings is 1. The van der Waals surface area contributed by atoms with Crippen LogP contribution in [0.3, 0.4) is 0 Å². The number of rotatable bonds is 6. The zero-order valence-corrected chi connectivity index (χ0v) is 13.2. The van der Waals surface area contributed by atoms with Gasteiger partial charge in [0.25, 0.3) is 0 Å². The first kappa shape index (κ1) is 16.0. The Morgan fingerprint density at radius 3 is 2.78 bits per heavy atom.